The fourth-order valence-electron chi connectivity index (χ4n) is 3.00. The molecule has 0 aliphatic carbocycles. The third-order valence-corrected chi connectivity index (χ3v) is 6.19. The van der Waals surface area contributed by atoms with Gasteiger partial charge in [-0.25, -0.2) is 0 Å². The Morgan fingerprint density at radius 2 is 2.08 bits per heavy atom. The van der Waals surface area contributed by atoms with Gasteiger partial charge in [-0.3, -0.25) is 4.99 Å². The molecular weight excluding hydrogens is 346 g/mol. The van der Waals surface area contributed by atoms with Crippen LogP contribution in [0.4, 0.5) is 0 Å². The van der Waals surface area contributed by atoms with Gasteiger partial charge in [0, 0.05) is 43.7 Å². The normalized spacial score (nSPS) is 17.0. The molecular formula is C20H33N3O2S. The van der Waals surface area contributed by atoms with E-state index in [0.29, 0.717) is 6.54 Å². The topological polar surface area (TPSA) is 54.9 Å². The van der Waals surface area contributed by atoms with Crippen molar-refractivity contribution in [1.82, 2.24) is 10.6 Å². The Labute approximate surface area is 162 Å². The number of rotatable bonds is 8. The second-order valence-corrected chi connectivity index (χ2v) is 8.01. The highest BCUT2D eigenvalue weighted by Gasteiger charge is 2.31. The maximum Gasteiger partial charge on any atom is 0.191 e. The number of nitrogens with zero attached hydrogens (tertiary/aromatic N) is 1. The van der Waals surface area contributed by atoms with Crippen molar-refractivity contribution in [2.45, 2.75) is 44.4 Å². The van der Waals surface area contributed by atoms with Gasteiger partial charge in [-0.1, -0.05) is 19.1 Å². The molecule has 0 amide bonds. The first-order valence-electron chi connectivity index (χ1n) is 9.42. The van der Waals surface area contributed by atoms with E-state index in [9.17, 15) is 0 Å². The van der Waals surface area contributed by atoms with E-state index in [4.69, 9.17) is 9.47 Å². The van der Waals surface area contributed by atoms with Crippen LogP contribution in [0.25, 0.3) is 0 Å². The molecule has 1 saturated heterocycles. The zero-order valence-electron chi connectivity index (χ0n) is 16.6. The molecule has 1 aliphatic rings. The highest BCUT2D eigenvalue weighted by molar-refractivity contribution is 8.00. The van der Waals surface area contributed by atoms with Gasteiger partial charge in [0.15, 0.2) is 5.96 Å². The summed E-state index contributed by atoms with van der Waals surface area (Å²) in [6, 6.07) is 6.35. The van der Waals surface area contributed by atoms with Gasteiger partial charge in [-0.05, 0) is 44.1 Å². The lowest BCUT2D eigenvalue weighted by Crippen LogP contribution is -2.47. The van der Waals surface area contributed by atoms with Crippen molar-refractivity contribution in [3.8, 4) is 5.75 Å². The quantitative estimate of drug-likeness (QED) is 0.536. The molecule has 1 aliphatic heterocycles. The molecule has 0 spiro atoms. The largest absolute Gasteiger partial charge is 0.493 e. The standard InChI is InChI=1S/C20H33N3O2S/c1-5-10-25-18-13-16(2)6-7-17(18)14-22-19(21-3)23-15-20(26-4)8-11-24-12-9-20/h6-7,13H,5,8-12,14-15H2,1-4H3,(H2,21,22,23). The van der Waals surface area contributed by atoms with Gasteiger partial charge in [-0.15, -0.1) is 0 Å². The second kappa shape index (κ2) is 10.7. The molecule has 146 valence electrons. The van der Waals surface area contributed by atoms with E-state index >= 15 is 0 Å². The molecule has 1 heterocycles. The average molecular weight is 380 g/mol. The summed E-state index contributed by atoms with van der Waals surface area (Å²) in [5, 5.41) is 6.92. The van der Waals surface area contributed by atoms with Gasteiger partial charge in [0.2, 0.25) is 0 Å². The van der Waals surface area contributed by atoms with Crippen LogP contribution >= 0.6 is 11.8 Å². The number of nitrogens with one attached hydrogen (secondary N) is 2. The van der Waals surface area contributed by atoms with E-state index in [1.54, 1.807) is 0 Å². The Bertz CT molecular complexity index is 586. The monoisotopic (exact) mass is 379 g/mol. The lowest BCUT2D eigenvalue weighted by atomic mass is 9.99. The van der Waals surface area contributed by atoms with Crippen molar-refractivity contribution < 1.29 is 9.47 Å². The second-order valence-electron chi connectivity index (χ2n) is 6.74. The maximum atomic E-state index is 5.90. The van der Waals surface area contributed by atoms with E-state index in [1.165, 1.54) is 5.56 Å². The van der Waals surface area contributed by atoms with E-state index in [-0.39, 0.29) is 4.75 Å². The molecule has 2 N–H and O–H groups in total. The van der Waals surface area contributed by atoms with Gasteiger partial charge < -0.3 is 20.1 Å². The molecule has 26 heavy (non-hydrogen) atoms. The molecule has 0 radical (unpaired) electrons. The lowest BCUT2D eigenvalue weighted by molar-refractivity contribution is 0.0783. The van der Waals surface area contributed by atoms with Crippen LogP contribution in [-0.4, -0.2) is 50.4 Å². The number of thioether (sulfide) groups is 1. The van der Waals surface area contributed by atoms with Crippen LogP contribution < -0.4 is 15.4 Å². The number of ether oxygens (including phenoxy) is 2. The molecule has 0 unspecified atom stereocenters. The third-order valence-electron chi connectivity index (χ3n) is 4.77. The first-order chi connectivity index (χ1) is 12.6. The van der Waals surface area contributed by atoms with Crippen molar-refractivity contribution in [1.29, 1.82) is 0 Å². The summed E-state index contributed by atoms with van der Waals surface area (Å²) in [7, 11) is 1.81. The van der Waals surface area contributed by atoms with Crippen LogP contribution in [0.5, 0.6) is 5.75 Å². The Morgan fingerprint density at radius 1 is 1.31 bits per heavy atom. The van der Waals surface area contributed by atoms with Crippen LogP contribution in [-0.2, 0) is 11.3 Å². The van der Waals surface area contributed by atoms with Crippen molar-refractivity contribution in [2.75, 3.05) is 39.7 Å². The highest BCUT2D eigenvalue weighted by atomic mass is 32.2. The zero-order valence-corrected chi connectivity index (χ0v) is 17.4. The van der Waals surface area contributed by atoms with Gasteiger partial charge in [0.1, 0.15) is 5.75 Å². The van der Waals surface area contributed by atoms with Crippen molar-refractivity contribution >= 4 is 17.7 Å². The van der Waals surface area contributed by atoms with Crippen LogP contribution in [0.15, 0.2) is 23.2 Å². The first kappa shape index (κ1) is 20.9. The van der Waals surface area contributed by atoms with Gasteiger partial charge in [0.25, 0.3) is 0 Å². The highest BCUT2D eigenvalue weighted by Crippen LogP contribution is 2.32. The zero-order chi connectivity index (χ0) is 18.8. The molecule has 1 aromatic carbocycles. The summed E-state index contributed by atoms with van der Waals surface area (Å²) in [6.45, 7) is 8.22. The predicted molar refractivity (Wildman–Crippen MR) is 111 cm³/mol. The van der Waals surface area contributed by atoms with Crippen LogP contribution in [0, 0.1) is 6.92 Å². The summed E-state index contributed by atoms with van der Waals surface area (Å²) >= 11 is 1.93. The number of hydrogen-bond donors (Lipinski definition) is 2. The Morgan fingerprint density at radius 3 is 2.73 bits per heavy atom. The Balaban J connectivity index is 1.92. The van der Waals surface area contributed by atoms with Gasteiger partial charge in [-0.2, -0.15) is 11.8 Å². The van der Waals surface area contributed by atoms with Crippen molar-refractivity contribution in [3.63, 3.8) is 0 Å². The molecule has 6 heteroatoms. The summed E-state index contributed by atoms with van der Waals surface area (Å²) in [6.07, 6.45) is 5.34. The summed E-state index contributed by atoms with van der Waals surface area (Å²) < 4.78 is 11.7. The van der Waals surface area contributed by atoms with Gasteiger partial charge in [0.05, 0.1) is 6.61 Å². The number of benzene rings is 1. The molecule has 0 atom stereocenters. The molecule has 5 nitrogen and oxygen atoms in total. The Hall–Kier alpha value is -1.40. The molecule has 2 rings (SSSR count). The molecule has 0 saturated carbocycles. The molecule has 1 aromatic rings. The SMILES string of the molecule is CCCOc1cc(C)ccc1CNC(=NC)NCC1(SC)CCOCC1. The summed E-state index contributed by atoms with van der Waals surface area (Å²) in [5.74, 6) is 1.78. The minimum absolute atomic E-state index is 0.231. The average Bonchev–Trinajstić information content (AvgIpc) is 2.68. The number of aryl methyl sites for hydroxylation is 1. The minimum Gasteiger partial charge on any atom is -0.493 e. The van der Waals surface area contributed by atoms with E-state index in [2.05, 4.69) is 53.9 Å². The molecule has 0 bridgehead atoms. The minimum atomic E-state index is 0.231. The maximum absolute atomic E-state index is 5.90. The predicted octanol–water partition coefficient (Wildman–Crippen LogP) is 3.36. The van der Waals surface area contributed by atoms with Crippen LogP contribution in [0.1, 0.15) is 37.3 Å². The summed E-state index contributed by atoms with van der Waals surface area (Å²) in [5.41, 5.74) is 2.36. The number of hydrogen-bond acceptors (Lipinski definition) is 4. The third kappa shape index (κ3) is 6.09. The summed E-state index contributed by atoms with van der Waals surface area (Å²) in [4.78, 5) is 4.38. The van der Waals surface area contributed by atoms with Crippen LogP contribution in [0.3, 0.4) is 0 Å². The Kier molecular flexibility index (Phi) is 8.59. The van der Waals surface area contributed by atoms with Gasteiger partial charge >= 0.3 is 0 Å². The van der Waals surface area contributed by atoms with Crippen LogP contribution in [0.2, 0.25) is 0 Å². The fourth-order valence-corrected chi connectivity index (χ4v) is 3.79. The number of guanidine groups is 1. The van der Waals surface area contributed by atoms with E-state index in [0.717, 1.165) is 62.9 Å². The smallest absolute Gasteiger partial charge is 0.191 e. The molecule has 1 fully saturated rings. The van der Waals surface area contributed by atoms with E-state index in [1.807, 2.05) is 18.8 Å². The molecule has 0 aromatic heterocycles. The van der Waals surface area contributed by atoms with Crippen molar-refractivity contribution in [2.24, 2.45) is 4.99 Å². The number of aliphatic imine (C=N–C) groups is 1. The van der Waals surface area contributed by atoms with Crippen molar-refractivity contribution in [3.05, 3.63) is 29.3 Å². The first-order valence-corrected chi connectivity index (χ1v) is 10.6. The lowest BCUT2D eigenvalue weighted by Gasteiger charge is -2.36. The van der Waals surface area contributed by atoms with E-state index < -0.39 is 0 Å². The fraction of sp³-hybridized carbons (Fsp3) is 0.650.